The molecule has 17 heavy (non-hydrogen) atoms. The highest BCUT2D eigenvalue weighted by Crippen LogP contribution is 2.29. The number of rotatable bonds is 7. The predicted molar refractivity (Wildman–Crippen MR) is 74.4 cm³/mol. The zero-order chi connectivity index (χ0) is 12.7. The first-order valence-electron chi connectivity index (χ1n) is 6.05. The second-order valence-electron chi connectivity index (χ2n) is 4.21. The molecule has 1 rings (SSSR count). The van der Waals surface area contributed by atoms with E-state index >= 15 is 0 Å². The number of hydrogen-bond acceptors (Lipinski definition) is 4. The van der Waals surface area contributed by atoms with Gasteiger partial charge >= 0.3 is 0 Å². The number of nitrogens with one attached hydrogen (secondary N) is 1. The molecule has 4 heteroatoms. The van der Waals surface area contributed by atoms with E-state index < -0.39 is 0 Å². The Morgan fingerprint density at radius 2 is 2.06 bits per heavy atom. The average Bonchev–Trinajstić information content (AvgIpc) is 2.38. The Balaban J connectivity index is 2.43. The summed E-state index contributed by atoms with van der Waals surface area (Å²) in [5.41, 5.74) is 0.963. The first-order chi connectivity index (χ1) is 8.15. The van der Waals surface area contributed by atoms with Gasteiger partial charge in [0, 0.05) is 17.8 Å². The van der Waals surface area contributed by atoms with Gasteiger partial charge in [0.15, 0.2) is 0 Å². The second kappa shape index (κ2) is 6.87. The number of aromatic nitrogens is 1. The van der Waals surface area contributed by atoms with Crippen molar-refractivity contribution in [1.82, 2.24) is 10.3 Å². The van der Waals surface area contributed by atoms with Crippen molar-refractivity contribution < 1.29 is 5.11 Å². The molecule has 3 nitrogen and oxygen atoms in total. The standard InChI is InChI=1S/C13H22N2OS/c1-4-13(5-2,17-3)10-14-8-11-6-7-12(16)9-15-11/h6-7,9,14,16H,4-5,8,10H2,1-3H3. The minimum atomic E-state index is 0.217. The van der Waals surface area contributed by atoms with Gasteiger partial charge in [0.25, 0.3) is 0 Å². The van der Waals surface area contributed by atoms with Gasteiger partial charge in [-0.15, -0.1) is 0 Å². The molecule has 96 valence electrons. The normalized spacial score (nSPS) is 11.7. The molecule has 0 saturated carbocycles. The van der Waals surface area contributed by atoms with Gasteiger partial charge in [-0.1, -0.05) is 13.8 Å². The highest BCUT2D eigenvalue weighted by atomic mass is 32.2. The van der Waals surface area contributed by atoms with Gasteiger partial charge in [0.1, 0.15) is 5.75 Å². The van der Waals surface area contributed by atoms with Crippen LogP contribution in [-0.2, 0) is 6.54 Å². The smallest absolute Gasteiger partial charge is 0.133 e. The van der Waals surface area contributed by atoms with Crippen LogP contribution in [0.3, 0.4) is 0 Å². The molecular formula is C13H22N2OS. The number of hydrogen-bond donors (Lipinski definition) is 2. The van der Waals surface area contributed by atoms with Crippen LogP contribution in [0.1, 0.15) is 32.4 Å². The van der Waals surface area contributed by atoms with Crippen LogP contribution in [0.4, 0.5) is 0 Å². The monoisotopic (exact) mass is 254 g/mol. The van der Waals surface area contributed by atoms with Crippen LogP contribution in [0.15, 0.2) is 18.3 Å². The van der Waals surface area contributed by atoms with E-state index in [1.807, 2.05) is 17.8 Å². The van der Waals surface area contributed by atoms with Crippen LogP contribution >= 0.6 is 11.8 Å². The van der Waals surface area contributed by atoms with Gasteiger partial charge < -0.3 is 10.4 Å². The third-order valence-electron chi connectivity index (χ3n) is 3.28. The molecule has 0 spiro atoms. The lowest BCUT2D eigenvalue weighted by Crippen LogP contribution is -2.36. The summed E-state index contributed by atoms with van der Waals surface area (Å²) in [5, 5.41) is 12.6. The molecule has 0 aromatic carbocycles. The summed E-state index contributed by atoms with van der Waals surface area (Å²) in [6, 6.07) is 3.52. The van der Waals surface area contributed by atoms with E-state index in [1.54, 1.807) is 6.07 Å². The maximum Gasteiger partial charge on any atom is 0.133 e. The minimum absolute atomic E-state index is 0.217. The van der Waals surface area contributed by atoms with E-state index in [-0.39, 0.29) is 5.75 Å². The average molecular weight is 254 g/mol. The molecule has 0 fully saturated rings. The second-order valence-corrected chi connectivity index (χ2v) is 5.48. The molecule has 0 aliphatic rings. The van der Waals surface area contributed by atoms with Gasteiger partial charge in [-0.2, -0.15) is 11.8 Å². The highest BCUT2D eigenvalue weighted by molar-refractivity contribution is 8.00. The van der Waals surface area contributed by atoms with Crippen molar-refractivity contribution in [2.75, 3.05) is 12.8 Å². The molecular weight excluding hydrogens is 232 g/mol. The van der Waals surface area contributed by atoms with Gasteiger partial charge in [0.2, 0.25) is 0 Å². The quantitative estimate of drug-likeness (QED) is 0.785. The molecule has 0 aliphatic heterocycles. The summed E-state index contributed by atoms with van der Waals surface area (Å²) in [7, 11) is 0. The fourth-order valence-electron chi connectivity index (χ4n) is 1.80. The van der Waals surface area contributed by atoms with Gasteiger partial charge in [-0.25, -0.2) is 0 Å². The van der Waals surface area contributed by atoms with Crippen LogP contribution in [0.2, 0.25) is 0 Å². The Morgan fingerprint density at radius 3 is 2.53 bits per heavy atom. The van der Waals surface area contributed by atoms with E-state index in [2.05, 4.69) is 30.4 Å². The number of thioether (sulfide) groups is 1. The Labute approximate surface area is 108 Å². The molecule has 0 saturated heterocycles. The Hall–Kier alpha value is -0.740. The number of nitrogens with zero attached hydrogens (tertiary/aromatic N) is 1. The van der Waals surface area contributed by atoms with Crippen LogP contribution in [-0.4, -0.2) is 27.6 Å². The molecule has 0 radical (unpaired) electrons. The summed E-state index contributed by atoms with van der Waals surface area (Å²) in [4.78, 5) is 4.16. The van der Waals surface area contributed by atoms with Crippen molar-refractivity contribution in [1.29, 1.82) is 0 Å². The van der Waals surface area contributed by atoms with E-state index in [0.29, 0.717) is 4.75 Å². The number of aromatic hydroxyl groups is 1. The van der Waals surface area contributed by atoms with Crippen molar-refractivity contribution in [2.45, 2.75) is 38.0 Å². The molecule has 0 amide bonds. The zero-order valence-electron chi connectivity index (χ0n) is 10.9. The molecule has 2 N–H and O–H groups in total. The molecule has 1 heterocycles. The zero-order valence-corrected chi connectivity index (χ0v) is 11.7. The molecule has 1 aromatic rings. The number of pyridine rings is 1. The molecule has 0 aliphatic carbocycles. The predicted octanol–water partition coefficient (Wildman–Crippen LogP) is 2.80. The van der Waals surface area contributed by atoms with Crippen molar-refractivity contribution in [3.8, 4) is 5.75 Å². The fraction of sp³-hybridized carbons (Fsp3) is 0.615. The van der Waals surface area contributed by atoms with E-state index in [1.165, 1.54) is 19.0 Å². The largest absolute Gasteiger partial charge is 0.506 e. The summed E-state index contributed by atoms with van der Waals surface area (Å²) in [6.45, 7) is 6.22. The highest BCUT2D eigenvalue weighted by Gasteiger charge is 2.23. The molecule has 1 aromatic heterocycles. The summed E-state index contributed by atoms with van der Waals surface area (Å²) < 4.78 is 0.330. The summed E-state index contributed by atoms with van der Waals surface area (Å²) in [5.74, 6) is 0.217. The van der Waals surface area contributed by atoms with Crippen molar-refractivity contribution in [3.63, 3.8) is 0 Å². The van der Waals surface area contributed by atoms with Crippen LogP contribution in [0, 0.1) is 0 Å². The molecule has 0 unspecified atom stereocenters. The lowest BCUT2D eigenvalue weighted by atomic mass is 10.0. The topological polar surface area (TPSA) is 45.1 Å². The molecule has 0 bridgehead atoms. The summed E-state index contributed by atoms with van der Waals surface area (Å²) >= 11 is 1.93. The Morgan fingerprint density at radius 1 is 1.35 bits per heavy atom. The van der Waals surface area contributed by atoms with E-state index in [0.717, 1.165) is 18.8 Å². The Kier molecular flexibility index (Phi) is 5.78. The van der Waals surface area contributed by atoms with Crippen LogP contribution in [0.5, 0.6) is 5.75 Å². The fourth-order valence-corrected chi connectivity index (χ4v) is 2.62. The van der Waals surface area contributed by atoms with Crippen LogP contribution in [0.25, 0.3) is 0 Å². The van der Waals surface area contributed by atoms with Crippen molar-refractivity contribution in [3.05, 3.63) is 24.0 Å². The molecule has 0 atom stereocenters. The lowest BCUT2D eigenvalue weighted by molar-refractivity contribution is 0.470. The van der Waals surface area contributed by atoms with Gasteiger partial charge in [-0.3, -0.25) is 4.98 Å². The van der Waals surface area contributed by atoms with Crippen molar-refractivity contribution in [2.24, 2.45) is 0 Å². The SMILES string of the molecule is CCC(CC)(CNCc1ccc(O)cn1)SC. The minimum Gasteiger partial charge on any atom is -0.506 e. The van der Waals surface area contributed by atoms with Crippen LogP contribution < -0.4 is 5.32 Å². The van der Waals surface area contributed by atoms with Gasteiger partial charge in [-0.05, 0) is 31.2 Å². The van der Waals surface area contributed by atoms with E-state index in [4.69, 9.17) is 5.11 Å². The first-order valence-corrected chi connectivity index (χ1v) is 7.28. The van der Waals surface area contributed by atoms with Gasteiger partial charge in [0.05, 0.1) is 11.9 Å². The maximum atomic E-state index is 9.14. The lowest BCUT2D eigenvalue weighted by Gasteiger charge is -2.29. The Bertz CT molecular complexity index is 314. The third-order valence-corrected chi connectivity index (χ3v) is 4.87. The van der Waals surface area contributed by atoms with Crippen molar-refractivity contribution >= 4 is 11.8 Å². The van der Waals surface area contributed by atoms with E-state index in [9.17, 15) is 0 Å². The summed E-state index contributed by atoms with van der Waals surface area (Å²) in [6.07, 6.45) is 5.99. The maximum absolute atomic E-state index is 9.14. The third kappa shape index (κ3) is 4.21. The first kappa shape index (κ1) is 14.3.